The van der Waals surface area contributed by atoms with Gasteiger partial charge in [0.1, 0.15) is 0 Å². The molecule has 1 unspecified atom stereocenters. The predicted octanol–water partition coefficient (Wildman–Crippen LogP) is 4.21. The van der Waals surface area contributed by atoms with Gasteiger partial charge in [0.05, 0.1) is 5.69 Å². The molecule has 2 aromatic rings. The second kappa shape index (κ2) is 9.15. The molecule has 5 nitrogen and oxygen atoms in total. The summed E-state index contributed by atoms with van der Waals surface area (Å²) < 4.78 is 1.64. The molecule has 2 heterocycles. The van der Waals surface area contributed by atoms with Crippen molar-refractivity contribution in [3.63, 3.8) is 0 Å². The van der Waals surface area contributed by atoms with Crippen LogP contribution in [0.4, 0.5) is 0 Å². The number of likely N-dealkylation sites (tertiary alicyclic amines) is 1. The quantitative estimate of drug-likeness (QED) is 0.713. The molecule has 5 heteroatoms. The minimum atomic E-state index is -0.00125. The van der Waals surface area contributed by atoms with Crippen LogP contribution in [0.5, 0.6) is 0 Å². The molecule has 4 rings (SSSR count). The highest BCUT2D eigenvalue weighted by atomic mass is 16.2. The van der Waals surface area contributed by atoms with Gasteiger partial charge in [0.2, 0.25) is 0 Å². The maximum atomic E-state index is 13.3. The Labute approximate surface area is 179 Å². The van der Waals surface area contributed by atoms with Crippen molar-refractivity contribution in [1.82, 2.24) is 14.7 Å². The molecule has 30 heavy (non-hydrogen) atoms. The molecule has 1 atom stereocenters. The SMILES string of the molecule is Cc1cc(C)cc(C(=O)N2CCCCC2CCn2nc3c(cc2=O)CCCCC3)c1. The van der Waals surface area contributed by atoms with Crippen molar-refractivity contribution < 1.29 is 4.79 Å². The zero-order chi connectivity index (χ0) is 21.1. The van der Waals surface area contributed by atoms with Crippen LogP contribution in [0.1, 0.15) is 77.7 Å². The Morgan fingerprint density at radius 3 is 2.57 bits per heavy atom. The highest BCUT2D eigenvalue weighted by Crippen LogP contribution is 2.24. The number of piperidine rings is 1. The summed E-state index contributed by atoms with van der Waals surface area (Å²) in [5, 5.41) is 4.71. The third kappa shape index (κ3) is 4.66. The summed E-state index contributed by atoms with van der Waals surface area (Å²) in [5.41, 5.74) is 5.25. The van der Waals surface area contributed by atoms with Gasteiger partial charge in [-0.05, 0) is 82.9 Å². The number of fused-ring (bicyclic) bond motifs is 1. The molecule has 0 N–H and O–H groups in total. The molecular formula is C25H33N3O2. The Morgan fingerprint density at radius 1 is 1.00 bits per heavy atom. The lowest BCUT2D eigenvalue weighted by Gasteiger charge is -2.36. The van der Waals surface area contributed by atoms with E-state index in [0.29, 0.717) is 6.54 Å². The molecule has 1 aromatic heterocycles. The first-order valence-electron chi connectivity index (χ1n) is 11.5. The van der Waals surface area contributed by atoms with Crippen LogP contribution in [0.15, 0.2) is 29.1 Å². The van der Waals surface area contributed by atoms with Gasteiger partial charge in [-0.3, -0.25) is 9.59 Å². The van der Waals surface area contributed by atoms with Gasteiger partial charge >= 0.3 is 0 Å². The fraction of sp³-hybridized carbons (Fsp3) is 0.560. The number of nitrogens with zero attached hydrogens (tertiary/aromatic N) is 3. The Balaban J connectivity index is 1.50. The molecule has 2 aliphatic rings. The van der Waals surface area contributed by atoms with Crippen molar-refractivity contribution in [3.8, 4) is 0 Å². The van der Waals surface area contributed by atoms with Gasteiger partial charge in [-0.25, -0.2) is 4.68 Å². The van der Waals surface area contributed by atoms with E-state index in [1.54, 1.807) is 10.7 Å². The fourth-order valence-corrected chi connectivity index (χ4v) is 5.04. The van der Waals surface area contributed by atoms with Crippen LogP contribution in [0, 0.1) is 13.8 Å². The summed E-state index contributed by atoms with van der Waals surface area (Å²) in [6.07, 6.45) is 9.41. The van der Waals surface area contributed by atoms with Crippen molar-refractivity contribution in [3.05, 3.63) is 62.6 Å². The second-order valence-corrected chi connectivity index (χ2v) is 9.05. The standard InChI is InChI=1S/C25H33N3O2/c1-18-14-19(2)16-21(15-18)25(30)27-12-7-6-9-22(27)11-13-28-24(29)17-20-8-4-3-5-10-23(20)26-28/h14-17,22H,3-13H2,1-2H3. The number of rotatable bonds is 4. The van der Waals surface area contributed by atoms with Crippen molar-refractivity contribution in [2.45, 2.75) is 84.2 Å². The number of benzene rings is 1. The van der Waals surface area contributed by atoms with E-state index < -0.39 is 0 Å². The minimum Gasteiger partial charge on any atom is -0.336 e. The first-order chi connectivity index (χ1) is 14.5. The van der Waals surface area contributed by atoms with Gasteiger partial charge in [-0.2, -0.15) is 5.10 Å². The van der Waals surface area contributed by atoms with E-state index in [4.69, 9.17) is 5.10 Å². The van der Waals surface area contributed by atoms with Crippen LogP contribution in [-0.4, -0.2) is 33.2 Å². The van der Waals surface area contributed by atoms with E-state index in [-0.39, 0.29) is 17.5 Å². The molecule has 1 aliphatic carbocycles. The summed E-state index contributed by atoms with van der Waals surface area (Å²) in [6, 6.07) is 8.03. The molecule has 1 fully saturated rings. The third-order valence-corrected chi connectivity index (χ3v) is 6.55. The number of hydrogen-bond donors (Lipinski definition) is 0. The summed E-state index contributed by atoms with van der Waals surface area (Å²) in [4.78, 5) is 27.9. The summed E-state index contributed by atoms with van der Waals surface area (Å²) in [5.74, 6) is 0.119. The molecular weight excluding hydrogens is 374 g/mol. The van der Waals surface area contributed by atoms with Gasteiger partial charge in [0.25, 0.3) is 11.5 Å². The number of aromatic nitrogens is 2. The maximum Gasteiger partial charge on any atom is 0.267 e. The van der Waals surface area contributed by atoms with Crippen LogP contribution in [0.25, 0.3) is 0 Å². The van der Waals surface area contributed by atoms with Gasteiger partial charge in [-0.15, -0.1) is 0 Å². The highest BCUT2D eigenvalue weighted by Gasteiger charge is 2.28. The van der Waals surface area contributed by atoms with E-state index >= 15 is 0 Å². The van der Waals surface area contributed by atoms with Crippen LogP contribution in [0.3, 0.4) is 0 Å². The van der Waals surface area contributed by atoms with Crippen molar-refractivity contribution >= 4 is 5.91 Å². The summed E-state index contributed by atoms with van der Waals surface area (Å²) in [6.45, 7) is 5.44. The van der Waals surface area contributed by atoms with E-state index in [1.807, 2.05) is 30.9 Å². The Hall–Kier alpha value is -2.43. The minimum absolute atomic E-state index is 0.00125. The van der Waals surface area contributed by atoms with Crippen LogP contribution in [-0.2, 0) is 19.4 Å². The van der Waals surface area contributed by atoms with Gasteiger partial charge in [-0.1, -0.05) is 23.6 Å². The molecule has 1 aliphatic heterocycles. The monoisotopic (exact) mass is 407 g/mol. The molecule has 0 saturated carbocycles. The van der Waals surface area contributed by atoms with E-state index in [1.165, 1.54) is 6.42 Å². The third-order valence-electron chi connectivity index (χ3n) is 6.55. The zero-order valence-corrected chi connectivity index (χ0v) is 18.3. The number of carbonyl (C=O) groups excluding carboxylic acids is 1. The van der Waals surface area contributed by atoms with Crippen LogP contribution < -0.4 is 5.56 Å². The number of carbonyl (C=O) groups is 1. The Morgan fingerprint density at radius 2 is 1.77 bits per heavy atom. The average molecular weight is 408 g/mol. The molecule has 160 valence electrons. The van der Waals surface area contributed by atoms with Crippen molar-refractivity contribution in [2.75, 3.05) is 6.54 Å². The predicted molar refractivity (Wildman–Crippen MR) is 119 cm³/mol. The molecule has 1 aromatic carbocycles. The highest BCUT2D eigenvalue weighted by molar-refractivity contribution is 5.94. The number of amides is 1. The lowest BCUT2D eigenvalue weighted by atomic mass is 9.97. The normalized spacial score (nSPS) is 19.3. The lowest BCUT2D eigenvalue weighted by molar-refractivity contribution is 0.0593. The largest absolute Gasteiger partial charge is 0.336 e. The molecule has 1 amide bonds. The average Bonchev–Trinajstić information content (AvgIpc) is 2.96. The summed E-state index contributed by atoms with van der Waals surface area (Å²) in [7, 11) is 0. The van der Waals surface area contributed by atoms with E-state index in [2.05, 4.69) is 6.07 Å². The van der Waals surface area contributed by atoms with Gasteiger partial charge in [0.15, 0.2) is 0 Å². The first-order valence-corrected chi connectivity index (χ1v) is 11.5. The van der Waals surface area contributed by atoms with E-state index in [9.17, 15) is 9.59 Å². The van der Waals surface area contributed by atoms with Crippen molar-refractivity contribution in [2.24, 2.45) is 0 Å². The number of hydrogen-bond acceptors (Lipinski definition) is 3. The van der Waals surface area contributed by atoms with Gasteiger partial charge < -0.3 is 4.90 Å². The fourth-order valence-electron chi connectivity index (χ4n) is 5.04. The lowest BCUT2D eigenvalue weighted by Crippen LogP contribution is -2.44. The number of aryl methyl sites for hydroxylation is 5. The molecule has 0 radical (unpaired) electrons. The summed E-state index contributed by atoms with van der Waals surface area (Å²) >= 11 is 0. The Bertz CT molecular complexity index is 959. The Kier molecular flexibility index (Phi) is 6.35. The smallest absolute Gasteiger partial charge is 0.267 e. The second-order valence-electron chi connectivity index (χ2n) is 9.05. The van der Waals surface area contributed by atoms with Crippen molar-refractivity contribution in [1.29, 1.82) is 0 Å². The van der Waals surface area contributed by atoms with Crippen LogP contribution >= 0.6 is 0 Å². The van der Waals surface area contributed by atoms with Crippen LogP contribution in [0.2, 0.25) is 0 Å². The molecule has 0 bridgehead atoms. The molecule has 1 saturated heterocycles. The topological polar surface area (TPSA) is 55.2 Å². The van der Waals surface area contributed by atoms with E-state index in [0.717, 1.165) is 85.9 Å². The zero-order valence-electron chi connectivity index (χ0n) is 18.3. The molecule has 0 spiro atoms. The maximum absolute atomic E-state index is 13.3. The van der Waals surface area contributed by atoms with Gasteiger partial charge in [0, 0.05) is 30.8 Å². The first kappa shape index (κ1) is 20.8.